The number of carbonyl (C=O) groups is 2. The van der Waals surface area contributed by atoms with Gasteiger partial charge in [0, 0.05) is 24.8 Å². The van der Waals surface area contributed by atoms with Crippen molar-refractivity contribution in [3.05, 3.63) is 53.8 Å². The molecule has 0 spiro atoms. The minimum atomic E-state index is -3.91. The van der Waals surface area contributed by atoms with Crippen molar-refractivity contribution in [1.82, 2.24) is 4.72 Å². The van der Waals surface area contributed by atoms with Gasteiger partial charge in [-0.05, 0) is 61.4 Å². The Morgan fingerprint density at radius 2 is 1.86 bits per heavy atom. The number of hydrogen-bond donors (Lipinski definition) is 2. The zero-order valence-corrected chi connectivity index (χ0v) is 16.2. The highest BCUT2D eigenvalue weighted by Crippen LogP contribution is 2.25. The van der Waals surface area contributed by atoms with E-state index in [-0.39, 0.29) is 22.5 Å². The summed E-state index contributed by atoms with van der Waals surface area (Å²) in [6.45, 7) is 3.29. The fourth-order valence-electron chi connectivity index (χ4n) is 3.02. The van der Waals surface area contributed by atoms with Crippen LogP contribution in [0, 0.1) is 12.7 Å². The van der Waals surface area contributed by atoms with E-state index in [2.05, 4.69) is 10.0 Å². The van der Waals surface area contributed by atoms with Gasteiger partial charge >= 0.3 is 0 Å². The Morgan fingerprint density at radius 3 is 2.46 bits per heavy atom. The molecular weight excluding hydrogens is 385 g/mol. The van der Waals surface area contributed by atoms with E-state index in [0.29, 0.717) is 29.9 Å². The van der Waals surface area contributed by atoms with Crippen LogP contribution in [0.3, 0.4) is 0 Å². The van der Waals surface area contributed by atoms with Crippen LogP contribution in [0.2, 0.25) is 0 Å². The summed E-state index contributed by atoms with van der Waals surface area (Å²) >= 11 is 0. The highest BCUT2D eigenvalue weighted by Gasteiger charge is 2.35. The number of anilines is 2. The van der Waals surface area contributed by atoms with Crippen LogP contribution in [0.4, 0.5) is 15.8 Å². The van der Waals surface area contributed by atoms with Crippen LogP contribution < -0.4 is 14.9 Å². The number of nitrogens with one attached hydrogen (secondary N) is 2. The second-order valence-corrected chi connectivity index (χ2v) is 8.31. The molecule has 0 radical (unpaired) electrons. The third kappa shape index (κ3) is 4.20. The van der Waals surface area contributed by atoms with Crippen molar-refractivity contribution < 1.29 is 22.4 Å². The molecule has 3 rings (SSSR count). The molecule has 2 N–H and O–H groups in total. The Morgan fingerprint density at radius 1 is 1.18 bits per heavy atom. The Kier molecular flexibility index (Phi) is 5.48. The van der Waals surface area contributed by atoms with Gasteiger partial charge in [-0.3, -0.25) is 9.59 Å². The van der Waals surface area contributed by atoms with Crippen LogP contribution >= 0.6 is 0 Å². The van der Waals surface area contributed by atoms with Gasteiger partial charge in [-0.15, -0.1) is 0 Å². The molecule has 0 aromatic heterocycles. The number of halogens is 1. The van der Waals surface area contributed by atoms with Crippen molar-refractivity contribution in [2.24, 2.45) is 0 Å². The smallest absolute Gasteiger partial charge is 0.245 e. The van der Waals surface area contributed by atoms with Crippen molar-refractivity contribution in [1.29, 1.82) is 0 Å². The van der Waals surface area contributed by atoms with E-state index < -0.39 is 16.1 Å². The Bertz CT molecular complexity index is 1020. The zero-order chi connectivity index (χ0) is 20.5. The average Bonchev–Trinajstić information content (AvgIpc) is 2.97. The lowest BCUT2D eigenvalue weighted by Gasteiger charge is -2.18. The van der Waals surface area contributed by atoms with Crippen molar-refractivity contribution in [3.63, 3.8) is 0 Å². The number of sulfonamides is 1. The quantitative estimate of drug-likeness (QED) is 0.797. The number of benzene rings is 2. The topological polar surface area (TPSA) is 95.6 Å². The molecule has 2 amide bonds. The minimum Gasteiger partial charge on any atom is -0.326 e. The highest BCUT2D eigenvalue weighted by atomic mass is 32.2. The molecule has 148 valence electrons. The summed E-state index contributed by atoms with van der Waals surface area (Å²) in [6, 6.07) is 9.10. The molecule has 1 aliphatic heterocycles. The molecule has 2 aromatic carbocycles. The Balaban J connectivity index is 1.73. The summed E-state index contributed by atoms with van der Waals surface area (Å²) in [6.07, 6.45) is 0.304. The zero-order valence-electron chi connectivity index (χ0n) is 15.4. The molecule has 1 saturated heterocycles. The van der Waals surface area contributed by atoms with E-state index >= 15 is 0 Å². The largest absolute Gasteiger partial charge is 0.326 e. The molecule has 9 heteroatoms. The average molecular weight is 405 g/mol. The van der Waals surface area contributed by atoms with Crippen LogP contribution in [0.5, 0.6) is 0 Å². The highest BCUT2D eigenvalue weighted by molar-refractivity contribution is 7.89. The molecule has 1 heterocycles. The summed E-state index contributed by atoms with van der Waals surface area (Å²) in [7, 11) is -3.91. The molecule has 28 heavy (non-hydrogen) atoms. The number of carbonyl (C=O) groups excluding carboxylic acids is 2. The van der Waals surface area contributed by atoms with Crippen LogP contribution in [-0.2, 0) is 19.6 Å². The van der Waals surface area contributed by atoms with Gasteiger partial charge in [-0.25, -0.2) is 12.8 Å². The molecule has 7 nitrogen and oxygen atoms in total. The Labute approximate surface area is 162 Å². The summed E-state index contributed by atoms with van der Waals surface area (Å²) < 4.78 is 41.1. The molecule has 0 unspecified atom stereocenters. The first-order valence-corrected chi connectivity index (χ1v) is 10.1. The fraction of sp³-hybridized carbons (Fsp3) is 0.263. The maximum atomic E-state index is 13.4. The standard InChI is InChI=1S/C19H20FN3O4S/c1-12-11-15(5-8-17(12)20)23-10-9-18(19(23)25)22-28(26,27)16-6-3-14(4-7-16)21-13(2)24/h3-8,11,18,22H,9-10H2,1-2H3,(H,21,24)/t18-/m0/s1. The van der Waals surface area contributed by atoms with E-state index in [1.165, 1.54) is 48.2 Å². The maximum Gasteiger partial charge on any atom is 0.245 e. The molecule has 1 aliphatic rings. The monoisotopic (exact) mass is 405 g/mol. The molecule has 1 atom stereocenters. The second-order valence-electron chi connectivity index (χ2n) is 6.59. The van der Waals surface area contributed by atoms with E-state index in [1.54, 1.807) is 13.0 Å². The van der Waals surface area contributed by atoms with Crippen molar-refractivity contribution >= 4 is 33.2 Å². The summed E-state index contributed by atoms with van der Waals surface area (Å²) in [4.78, 5) is 25.1. The number of amides is 2. The lowest BCUT2D eigenvalue weighted by molar-refractivity contribution is -0.118. The third-order valence-electron chi connectivity index (χ3n) is 4.44. The van der Waals surface area contributed by atoms with E-state index in [0.717, 1.165) is 0 Å². The normalized spacial score (nSPS) is 17.0. The summed E-state index contributed by atoms with van der Waals surface area (Å²) in [5.74, 6) is -1.01. The predicted molar refractivity (Wildman–Crippen MR) is 103 cm³/mol. The molecule has 0 bridgehead atoms. The lowest BCUT2D eigenvalue weighted by atomic mass is 10.2. The van der Waals surface area contributed by atoms with Crippen LogP contribution in [0.25, 0.3) is 0 Å². The van der Waals surface area contributed by atoms with Crippen molar-refractivity contribution in [2.75, 3.05) is 16.8 Å². The second kappa shape index (κ2) is 7.69. The van der Waals surface area contributed by atoms with Crippen LogP contribution in [-0.4, -0.2) is 32.8 Å². The van der Waals surface area contributed by atoms with Crippen LogP contribution in [0.15, 0.2) is 47.4 Å². The van der Waals surface area contributed by atoms with Gasteiger partial charge in [0.25, 0.3) is 0 Å². The number of nitrogens with zero attached hydrogens (tertiary/aromatic N) is 1. The molecular formula is C19H20FN3O4S. The lowest BCUT2D eigenvalue weighted by Crippen LogP contribution is -2.41. The van der Waals surface area contributed by atoms with Crippen molar-refractivity contribution in [2.45, 2.75) is 31.2 Å². The Hall–Kier alpha value is -2.78. The first kappa shape index (κ1) is 20.0. The molecule has 2 aromatic rings. The van der Waals surface area contributed by atoms with Gasteiger partial charge < -0.3 is 10.2 Å². The fourth-order valence-corrected chi connectivity index (χ4v) is 4.24. The SMILES string of the molecule is CC(=O)Nc1ccc(S(=O)(=O)N[C@H]2CCN(c3ccc(F)c(C)c3)C2=O)cc1. The first-order chi connectivity index (χ1) is 13.2. The molecule has 0 saturated carbocycles. The molecule has 0 aliphatic carbocycles. The van der Waals surface area contributed by atoms with Crippen molar-refractivity contribution in [3.8, 4) is 0 Å². The van der Waals surface area contributed by atoms with Gasteiger partial charge in [-0.1, -0.05) is 0 Å². The first-order valence-electron chi connectivity index (χ1n) is 8.65. The predicted octanol–water partition coefficient (Wildman–Crippen LogP) is 2.18. The minimum absolute atomic E-state index is 0.00882. The van der Waals surface area contributed by atoms with Gasteiger partial charge in [0.15, 0.2) is 0 Å². The van der Waals surface area contributed by atoms with E-state index in [1.807, 2.05) is 0 Å². The van der Waals surface area contributed by atoms with Gasteiger partial charge in [0.05, 0.1) is 4.90 Å². The number of hydrogen-bond acceptors (Lipinski definition) is 4. The van der Waals surface area contributed by atoms with Gasteiger partial charge in [0.2, 0.25) is 21.8 Å². The van der Waals surface area contributed by atoms with E-state index in [4.69, 9.17) is 0 Å². The summed E-state index contributed by atoms with van der Waals surface area (Å²) in [5.41, 5.74) is 1.42. The number of aryl methyl sites for hydroxylation is 1. The molecule has 1 fully saturated rings. The van der Waals surface area contributed by atoms with Gasteiger partial charge in [-0.2, -0.15) is 4.72 Å². The maximum absolute atomic E-state index is 13.4. The summed E-state index contributed by atoms with van der Waals surface area (Å²) in [5, 5.41) is 2.55. The number of rotatable bonds is 5. The van der Waals surface area contributed by atoms with Crippen LogP contribution in [0.1, 0.15) is 18.9 Å². The van der Waals surface area contributed by atoms with Gasteiger partial charge in [0.1, 0.15) is 11.9 Å². The third-order valence-corrected chi connectivity index (χ3v) is 5.93. The van der Waals surface area contributed by atoms with E-state index in [9.17, 15) is 22.4 Å².